The number of methoxy groups -OCH3 is 1. The Labute approximate surface area is 170 Å². The van der Waals surface area contributed by atoms with Gasteiger partial charge in [-0.3, -0.25) is 9.59 Å². The van der Waals surface area contributed by atoms with Crippen molar-refractivity contribution in [3.05, 3.63) is 60.2 Å². The lowest BCUT2D eigenvalue weighted by atomic mass is 10.1. The molecule has 0 unspecified atom stereocenters. The van der Waals surface area contributed by atoms with E-state index in [2.05, 4.69) is 17.0 Å². The predicted octanol–water partition coefficient (Wildman–Crippen LogP) is 1.92. The molecule has 7 heteroatoms. The fourth-order valence-corrected chi connectivity index (χ4v) is 3.15. The molecule has 2 aromatic rings. The van der Waals surface area contributed by atoms with Gasteiger partial charge in [0.2, 0.25) is 5.91 Å². The molecule has 2 amide bonds. The lowest BCUT2D eigenvalue weighted by Crippen LogP contribution is -2.48. The van der Waals surface area contributed by atoms with E-state index in [0.29, 0.717) is 24.6 Å². The van der Waals surface area contributed by atoms with Crippen LogP contribution >= 0.6 is 0 Å². The zero-order chi connectivity index (χ0) is 20.6. The largest absolute Gasteiger partial charge is 0.493 e. The second kappa shape index (κ2) is 9.64. The van der Waals surface area contributed by atoms with Gasteiger partial charge in [-0.1, -0.05) is 24.3 Å². The number of para-hydroxylation sites is 1. The summed E-state index contributed by atoms with van der Waals surface area (Å²) in [6.45, 7) is 2.76. The van der Waals surface area contributed by atoms with Gasteiger partial charge in [-0.15, -0.1) is 0 Å². The Bertz CT molecular complexity index is 875. The first kappa shape index (κ1) is 20.3. The molecule has 2 N–H and O–H groups in total. The molecule has 0 aromatic heterocycles. The van der Waals surface area contributed by atoms with Gasteiger partial charge in [0.05, 0.1) is 7.11 Å². The minimum Gasteiger partial charge on any atom is -0.493 e. The predicted molar refractivity (Wildman–Crippen MR) is 112 cm³/mol. The van der Waals surface area contributed by atoms with E-state index in [1.54, 1.807) is 30.4 Å². The molecule has 1 heterocycles. The molecule has 1 aliphatic heterocycles. The van der Waals surface area contributed by atoms with Crippen LogP contribution in [-0.2, 0) is 9.59 Å². The maximum absolute atomic E-state index is 12.5. The van der Waals surface area contributed by atoms with E-state index < -0.39 is 5.91 Å². The SMILES string of the molecule is COc1cc(/C=C/C(=O)N2CCN(c3ccccc3)CC2)ccc1OCC(N)=O. The van der Waals surface area contributed by atoms with Gasteiger partial charge in [-0.2, -0.15) is 0 Å². The number of carbonyl (C=O) groups excluding carboxylic acids is 2. The highest BCUT2D eigenvalue weighted by atomic mass is 16.5. The van der Waals surface area contributed by atoms with Crippen LogP contribution in [0.15, 0.2) is 54.6 Å². The van der Waals surface area contributed by atoms with Gasteiger partial charge in [-0.25, -0.2) is 0 Å². The third-order valence-electron chi connectivity index (χ3n) is 4.69. The normalized spacial score (nSPS) is 14.1. The van der Waals surface area contributed by atoms with Crippen LogP contribution in [0.2, 0.25) is 0 Å². The van der Waals surface area contributed by atoms with Gasteiger partial charge in [0.15, 0.2) is 18.1 Å². The standard InChI is InChI=1S/C22H25N3O4/c1-28-20-15-17(7-9-19(20)29-16-21(23)26)8-10-22(27)25-13-11-24(12-14-25)18-5-3-2-4-6-18/h2-10,15H,11-14,16H2,1H3,(H2,23,26)/b10-8+. The summed E-state index contributed by atoms with van der Waals surface area (Å²) in [4.78, 5) is 27.5. The van der Waals surface area contributed by atoms with Crippen molar-refractivity contribution in [3.63, 3.8) is 0 Å². The number of benzene rings is 2. The van der Waals surface area contributed by atoms with Crippen LogP contribution in [0.25, 0.3) is 6.08 Å². The van der Waals surface area contributed by atoms with Crippen molar-refractivity contribution < 1.29 is 19.1 Å². The maximum atomic E-state index is 12.5. The first-order chi connectivity index (χ1) is 14.1. The number of nitrogens with two attached hydrogens (primary N) is 1. The van der Waals surface area contributed by atoms with Gasteiger partial charge in [0, 0.05) is 37.9 Å². The molecule has 152 valence electrons. The second-order valence-corrected chi connectivity index (χ2v) is 6.65. The number of rotatable bonds is 7. The van der Waals surface area contributed by atoms with Gasteiger partial charge in [0.25, 0.3) is 5.91 Å². The van der Waals surface area contributed by atoms with E-state index in [1.165, 1.54) is 12.8 Å². The molecule has 7 nitrogen and oxygen atoms in total. The van der Waals surface area contributed by atoms with Crippen LogP contribution in [0.4, 0.5) is 5.69 Å². The highest BCUT2D eigenvalue weighted by Crippen LogP contribution is 2.28. The molecule has 0 radical (unpaired) electrons. The number of ether oxygens (including phenoxy) is 2. The van der Waals surface area contributed by atoms with Gasteiger partial charge in [-0.05, 0) is 35.9 Å². The highest BCUT2D eigenvalue weighted by molar-refractivity contribution is 5.92. The zero-order valence-corrected chi connectivity index (χ0v) is 16.4. The Hall–Kier alpha value is -3.48. The number of carbonyl (C=O) groups is 2. The second-order valence-electron chi connectivity index (χ2n) is 6.65. The molecular formula is C22H25N3O4. The molecule has 1 aliphatic rings. The van der Waals surface area contributed by atoms with Crippen LogP contribution in [0, 0.1) is 0 Å². The lowest BCUT2D eigenvalue weighted by molar-refractivity contribution is -0.126. The summed E-state index contributed by atoms with van der Waals surface area (Å²) in [7, 11) is 1.51. The van der Waals surface area contributed by atoms with Crippen molar-refractivity contribution in [1.82, 2.24) is 4.90 Å². The third kappa shape index (κ3) is 5.51. The topological polar surface area (TPSA) is 85.1 Å². The molecule has 0 spiro atoms. The zero-order valence-electron chi connectivity index (χ0n) is 16.4. The molecule has 29 heavy (non-hydrogen) atoms. The molecule has 0 aliphatic carbocycles. The van der Waals surface area contributed by atoms with Crippen LogP contribution < -0.4 is 20.1 Å². The Morgan fingerprint density at radius 2 is 1.76 bits per heavy atom. The summed E-state index contributed by atoms with van der Waals surface area (Å²) in [6, 6.07) is 15.4. The fraction of sp³-hybridized carbons (Fsp3) is 0.273. The van der Waals surface area contributed by atoms with Crippen molar-refractivity contribution in [3.8, 4) is 11.5 Å². The van der Waals surface area contributed by atoms with Crippen LogP contribution in [0.1, 0.15) is 5.56 Å². The van der Waals surface area contributed by atoms with E-state index >= 15 is 0 Å². The van der Waals surface area contributed by atoms with Gasteiger partial charge in [0.1, 0.15) is 0 Å². The summed E-state index contributed by atoms with van der Waals surface area (Å²) >= 11 is 0. The number of amides is 2. The Morgan fingerprint density at radius 3 is 2.41 bits per heavy atom. The molecule has 0 saturated carbocycles. The van der Waals surface area contributed by atoms with E-state index in [4.69, 9.17) is 15.2 Å². The number of anilines is 1. The summed E-state index contributed by atoms with van der Waals surface area (Å²) < 4.78 is 10.6. The summed E-state index contributed by atoms with van der Waals surface area (Å²) in [5, 5.41) is 0. The van der Waals surface area contributed by atoms with Crippen molar-refractivity contribution in [2.24, 2.45) is 5.73 Å². The van der Waals surface area contributed by atoms with Crippen LogP contribution in [-0.4, -0.2) is 56.6 Å². The average molecular weight is 395 g/mol. The first-order valence-corrected chi connectivity index (χ1v) is 9.43. The van der Waals surface area contributed by atoms with Gasteiger partial charge >= 0.3 is 0 Å². The number of piperazine rings is 1. The number of hydrogen-bond acceptors (Lipinski definition) is 5. The molecule has 3 rings (SSSR count). The number of nitrogens with zero attached hydrogens (tertiary/aromatic N) is 2. The van der Waals surface area contributed by atoms with Crippen molar-refractivity contribution in [2.45, 2.75) is 0 Å². The molecule has 0 atom stereocenters. The smallest absolute Gasteiger partial charge is 0.255 e. The Morgan fingerprint density at radius 1 is 1.03 bits per heavy atom. The molecule has 1 saturated heterocycles. The summed E-state index contributed by atoms with van der Waals surface area (Å²) in [6.07, 6.45) is 3.31. The molecule has 0 bridgehead atoms. The lowest BCUT2D eigenvalue weighted by Gasteiger charge is -2.35. The van der Waals surface area contributed by atoms with Crippen LogP contribution in [0.3, 0.4) is 0 Å². The summed E-state index contributed by atoms with van der Waals surface area (Å²) in [5.74, 6) is 0.309. The monoisotopic (exact) mass is 395 g/mol. The molecular weight excluding hydrogens is 370 g/mol. The number of primary amides is 1. The first-order valence-electron chi connectivity index (χ1n) is 9.43. The quantitative estimate of drug-likeness (QED) is 0.724. The minimum absolute atomic E-state index is 0.0225. The van der Waals surface area contributed by atoms with E-state index in [0.717, 1.165) is 18.7 Å². The van der Waals surface area contributed by atoms with Gasteiger partial charge < -0.3 is 25.0 Å². The fourth-order valence-electron chi connectivity index (χ4n) is 3.15. The van der Waals surface area contributed by atoms with E-state index in [1.807, 2.05) is 23.1 Å². The van der Waals surface area contributed by atoms with E-state index in [-0.39, 0.29) is 12.5 Å². The van der Waals surface area contributed by atoms with Crippen LogP contribution in [0.5, 0.6) is 11.5 Å². The third-order valence-corrected chi connectivity index (χ3v) is 4.69. The molecule has 2 aromatic carbocycles. The van der Waals surface area contributed by atoms with Crippen molar-refractivity contribution in [1.29, 1.82) is 0 Å². The van der Waals surface area contributed by atoms with E-state index in [9.17, 15) is 9.59 Å². The number of hydrogen-bond donors (Lipinski definition) is 1. The molecule has 1 fully saturated rings. The Kier molecular flexibility index (Phi) is 6.73. The highest BCUT2D eigenvalue weighted by Gasteiger charge is 2.19. The van der Waals surface area contributed by atoms with Crippen molar-refractivity contribution >= 4 is 23.6 Å². The summed E-state index contributed by atoms with van der Waals surface area (Å²) in [5.41, 5.74) is 7.07. The average Bonchev–Trinajstić information content (AvgIpc) is 2.77. The van der Waals surface area contributed by atoms with Crippen molar-refractivity contribution in [2.75, 3.05) is 44.8 Å². The Balaban J connectivity index is 1.57. The minimum atomic E-state index is -0.561. The maximum Gasteiger partial charge on any atom is 0.255 e.